The number of benzene rings is 2. The van der Waals surface area contributed by atoms with Crippen LogP contribution in [0.25, 0.3) is 0 Å². The van der Waals surface area contributed by atoms with E-state index in [4.69, 9.17) is 0 Å². The summed E-state index contributed by atoms with van der Waals surface area (Å²) in [6.07, 6.45) is 2.10. The Bertz CT molecular complexity index is 1050. The Hall–Kier alpha value is -2.87. The number of hydrogen-bond acceptors (Lipinski definition) is 4. The Balaban J connectivity index is 1.40. The largest absolute Gasteiger partial charge is 0.326 e. The molecule has 0 aromatic heterocycles. The minimum absolute atomic E-state index is 0.0868. The van der Waals surface area contributed by atoms with Crippen LogP contribution < -0.4 is 14.9 Å². The van der Waals surface area contributed by atoms with E-state index < -0.39 is 10.0 Å². The molecule has 2 aliphatic heterocycles. The zero-order valence-corrected chi connectivity index (χ0v) is 16.7. The topological polar surface area (TPSA) is 95.6 Å². The van der Waals surface area contributed by atoms with E-state index in [9.17, 15) is 18.0 Å². The molecule has 8 heteroatoms. The first-order valence-electron chi connectivity index (χ1n) is 9.74. The summed E-state index contributed by atoms with van der Waals surface area (Å²) < 4.78 is 26.0. The molecule has 4 rings (SSSR count). The molecular weight excluding hydrogens is 390 g/mol. The van der Waals surface area contributed by atoms with E-state index in [0.717, 1.165) is 17.7 Å². The summed E-state index contributed by atoms with van der Waals surface area (Å²) in [4.78, 5) is 24.6. The van der Waals surface area contributed by atoms with Crippen LogP contribution in [0.3, 0.4) is 0 Å². The number of hydrogen-bond donors (Lipinski definition) is 2. The summed E-state index contributed by atoms with van der Waals surface area (Å²) in [5, 5.41) is 5.66. The highest BCUT2D eigenvalue weighted by Gasteiger charge is 2.30. The number of fused-ring (bicyclic) bond motifs is 1. The van der Waals surface area contributed by atoms with Gasteiger partial charge < -0.3 is 10.6 Å². The van der Waals surface area contributed by atoms with Crippen LogP contribution in [-0.2, 0) is 19.6 Å². The van der Waals surface area contributed by atoms with E-state index in [-0.39, 0.29) is 29.9 Å². The molecule has 2 aromatic rings. The van der Waals surface area contributed by atoms with Crippen LogP contribution >= 0.6 is 0 Å². The number of nitrogens with one attached hydrogen (secondary N) is 2. The van der Waals surface area contributed by atoms with Gasteiger partial charge in [0.25, 0.3) is 0 Å². The normalized spacial score (nSPS) is 20.1. The Kier molecular flexibility index (Phi) is 5.27. The maximum absolute atomic E-state index is 12.4. The molecule has 29 heavy (non-hydrogen) atoms. The SMILES string of the molecule is O=C(CC[C@H]1C(=O)Nc2ccccc21)Nc1cccc(N2CCCCS2(=O)=O)c1. The standard InChI is InChI=1S/C21H23N3O4S/c25-20(11-10-18-17-8-1-2-9-19(17)23-21(18)26)22-15-6-5-7-16(14-15)24-12-3-4-13-29(24,27)28/h1-2,5-9,14,18H,3-4,10-13H2,(H,22,25)(H,23,26)/t18-/m1/s1. The zero-order valence-electron chi connectivity index (χ0n) is 15.9. The van der Waals surface area contributed by atoms with Gasteiger partial charge in [-0.25, -0.2) is 8.42 Å². The van der Waals surface area contributed by atoms with Crippen molar-refractivity contribution in [1.82, 2.24) is 0 Å². The number of nitrogens with zero attached hydrogens (tertiary/aromatic N) is 1. The first-order chi connectivity index (χ1) is 13.9. The summed E-state index contributed by atoms with van der Waals surface area (Å²) in [5.41, 5.74) is 2.83. The van der Waals surface area contributed by atoms with E-state index in [1.54, 1.807) is 24.3 Å². The molecule has 1 atom stereocenters. The smallest absolute Gasteiger partial charge is 0.235 e. The number of sulfonamides is 1. The van der Waals surface area contributed by atoms with Crippen LogP contribution in [0.2, 0.25) is 0 Å². The third kappa shape index (κ3) is 4.12. The minimum Gasteiger partial charge on any atom is -0.326 e. The Morgan fingerprint density at radius 1 is 1.14 bits per heavy atom. The van der Waals surface area contributed by atoms with Gasteiger partial charge in [-0.15, -0.1) is 0 Å². The molecule has 2 amide bonds. The van der Waals surface area contributed by atoms with Crippen molar-refractivity contribution in [1.29, 1.82) is 0 Å². The van der Waals surface area contributed by atoms with Gasteiger partial charge in [0.1, 0.15) is 0 Å². The van der Waals surface area contributed by atoms with Crippen LogP contribution in [0.15, 0.2) is 48.5 Å². The van der Waals surface area contributed by atoms with Crippen LogP contribution in [0.5, 0.6) is 0 Å². The molecule has 0 radical (unpaired) electrons. The van der Waals surface area contributed by atoms with Gasteiger partial charge in [0.05, 0.1) is 17.4 Å². The minimum atomic E-state index is -3.30. The number of anilines is 3. The lowest BCUT2D eigenvalue weighted by Crippen LogP contribution is -2.37. The van der Waals surface area contributed by atoms with Gasteiger partial charge >= 0.3 is 0 Å². The van der Waals surface area contributed by atoms with Gasteiger partial charge in [-0.05, 0) is 49.1 Å². The lowest BCUT2D eigenvalue weighted by atomic mass is 9.95. The van der Waals surface area contributed by atoms with Crippen molar-refractivity contribution < 1.29 is 18.0 Å². The quantitative estimate of drug-likeness (QED) is 0.787. The van der Waals surface area contributed by atoms with Gasteiger partial charge in [0, 0.05) is 24.3 Å². The molecule has 7 nitrogen and oxygen atoms in total. The maximum atomic E-state index is 12.4. The lowest BCUT2D eigenvalue weighted by molar-refractivity contribution is -0.118. The molecule has 2 N–H and O–H groups in total. The second kappa shape index (κ2) is 7.87. The third-order valence-corrected chi connectivity index (χ3v) is 7.21. The molecule has 0 spiro atoms. The van der Waals surface area contributed by atoms with Gasteiger partial charge in [0.2, 0.25) is 21.8 Å². The third-order valence-electron chi connectivity index (χ3n) is 5.34. The van der Waals surface area contributed by atoms with Crippen LogP contribution in [-0.4, -0.2) is 32.5 Å². The highest BCUT2D eigenvalue weighted by Crippen LogP contribution is 2.35. The highest BCUT2D eigenvalue weighted by molar-refractivity contribution is 7.92. The average Bonchev–Trinajstić information content (AvgIpc) is 3.01. The number of carbonyl (C=O) groups excluding carboxylic acids is 2. The Labute approximate surface area is 170 Å². The van der Waals surface area contributed by atoms with E-state index in [2.05, 4.69) is 10.6 Å². The summed E-state index contributed by atoms with van der Waals surface area (Å²) in [6.45, 7) is 0.454. The summed E-state index contributed by atoms with van der Waals surface area (Å²) in [6, 6.07) is 14.4. The summed E-state index contributed by atoms with van der Waals surface area (Å²) >= 11 is 0. The predicted molar refractivity (Wildman–Crippen MR) is 112 cm³/mol. The molecule has 0 unspecified atom stereocenters. The molecule has 0 bridgehead atoms. The van der Waals surface area contributed by atoms with Crippen molar-refractivity contribution in [2.24, 2.45) is 0 Å². The van der Waals surface area contributed by atoms with Crippen molar-refractivity contribution in [3.05, 3.63) is 54.1 Å². The second-order valence-corrected chi connectivity index (χ2v) is 9.37. The van der Waals surface area contributed by atoms with Crippen molar-refractivity contribution >= 4 is 38.9 Å². The summed E-state index contributed by atoms with van der Waals surface area (Å²) in [5.74, 6) is -0.479. The lowest BCUT2D eigenvalue weighted by Gasteiger charge is -2.28. The van der Waals surface area contributed by atoms with Crippen molar-refractivity contribution in [3.8, 4) is 0 Å². The van der Waals surface area contributed by atoms with E-state index in [1.165, 1.54) is 4.31 Å². The predicted octanol–water partition coefficient (Wildman–Crippen LogP) is 3.07. The average molecular weight is 413 g/mol. The first kappa shape index (κ1) is 19.4. The molecule has 0 saturated carbocycles. The van der Waals surface area contributed by atoms with E-state index >= 15 is 0 Å². The Morgan fingerprint density at radius 3 is 2.79 bits per heavy atom. The number of carbonyl (C=O) groups is 2. The fraction of sp³-hybridized carbons (Fsp3) is 0.333. The fourth-order valence-electron chi connectivity index (χ4n) is 3.88. The molecular formula is C21H23N3O4S. The molecule has 2 aliphatic rings. The maximum Gasteiger partial charge on any atom is 0.235 e. The van der Waals surface area contributed by atoms with Gasteiger partial charge in [0.15, 0.2) is 0 Å². The second-order valence-electron chi connectivity index (χ2n) is 7.36. The monoisotopic (exact) mass is 413 g/mol. The van der Waals surface area contributed by atoms with E-state index in [0.29, 0.717) is 30.8 Å². The van der Waals surface area contributed by atoms with Crippen LogP contribution in [0, 0.1) is 0 Å². The van der Waals surface area contributed by atoms with Gasteiger partial charge in [-0.1, -0.05) is 24.3 Å². The molecule has 0 aliphatic carbocycles. The molecule has 1 saturated heterocycles. The van der Waals surface area contributed by atoms with Gasteiger partial charge in [-0.3, -0.25) is 13.9 Å². The zero-order chi connectivity index (χ0) is 20.4. The molecule has 1 fully saturated rings. The van der Waals surface area contributed by atoms with Crippen molar-refractivity contribution in [2.75, 3.05) is 27.2 Å². The number of rotatable bonds is 5. The summed E-state index contributed by atoms with van der Waals surface area (Å²) in [7, 11) is -3.30. The molecule has 2 heterocycles. The van der Waals surface area contributed by atoms with Crippen molar-refractivity contribution in [3.63, 3.8) is 0 Å². The van der Waals surface area contributed by atoms with Crippen molar-refractivity contribution in [2.45, 2.75) is 31.6 Å². The van der Waals surface area contributed by atoms with E-state index in [1.807, 2.05) is 24.3 Å². The first-order valence-corrected chi connectivity index (χ1v) is 11.3. The highest BCUT2D eigenvalue weighted by atomic mass is 32.2. The number of para-hydroxylation sites is 1. The fourth-order valence-corrected chi connectivity index (χ4v) is 5.51. The number of amides is 2. The molecule has 152 valence electrons. The van der Waals surface area contributed by atoms with Crippen LogP contribution in [0.4, 0.5) is 17.1 Å². The molecule has 2 aromatic carbocycles. The van der Waals surface area contributed by atoms with Crippen LogP contribution in [0.1, 0.15) is 37.2 Å². The Morgan fingerprint density at radius 2 is 1.97 bits per heavy atom. The van der Waals surface area contributed by atoms with Gasteiger partial charge in [-0.2, -0.15) is 0 Å².